The number of aryl methyl sites for hydroxylation is 1. The number of rotatable bonds is 4. The molecule has 19 heavy (non-hydrogen) atoms. The van der Waals surface area contributed by atoms with Crippen LogP contribution in [-0.2, 0) is 16.6 Å². The molecule has 0 aliphatic carbocycles. The van der Waals surface area contributed by atoms with Gasteiger partial charge in [0.1, 0.15) is 5.60 Å². The van der Waals surface area contributed by atoms with Crippen molar-refractivity contribution in [1.29, 1.82) is 0 Å². The van der Waals surface area contributed by atoms with Crippen molar-refractivity contribution in [3.63, 3.8) is 0 Å². The van der Waals surface area contributed by atoms with Gasteiger partial charge in [-0.05, 0) is 20.8 Å². The Morgan fingerprint density at radius 2 is 2.16 bits per heavy atom. The molecule has 1 atom stereocenters. The first-order chi connectivity index (χ1) is 8.67. The van der Waals surface area contributed by atoms with E-state index in [0.717, 1.165) is 0 Å². The fourth-order valence-electron chi connectivity index (χ4n) is 1.47. The van der Waals surface area contributed by atoms with Crippen molar-refractivity contribution >= 4 is 12.1 Å². The molecule has 0 fully saturated rings. The average molecular weight is 269 g/mol. The second kappa shape index (κ2) is 5.73. The van der Waals surface area contributed by atoms with E-state index in [1.807, 2.05) is 0 Å². The number of carboxylic acids is 1. The van der Waals surface area contributed by atoms with Crippen LogP contribution in [0.5, 0.6) is 0 Å². The Balaban J connectivity index is 2.76. The number of carbonyl (C=O) groups excluding carboxylic acids is 1. The van der Waals surface area contributed by atoms with Crippen molar-refractivity contribution in [2.45, 2.75) is 38.8 Å². The Bertz CT molecular complexity index is 462. The Morgan fingerprint density at radius 3 is 2.58 bits per heavy atom. The van der Waals surface area contributed by atoms with E-state index in [1.165, 1.54) is 0 Å². The van der Waals surface area contributed by atoms with Crippen molar-refractivity contribution in [2.24, 2.45) is 7.05 Å². The molecule has 2 N–H and O–H groups in total. The van der Waals surface area contributed by atoms with Gasteiger partial charge >= 0.3 is 12.1 Å². The third-order valence-electron chi connectivity index (χ3n) is 2.15. The van der Waals surface area contributed by atoms with Crippen LogP contribution in [0.1, 0.15) is 38.9 Å². The number of aliphatic carboxylic acids is 1. The van der Waals surface area contributed by atoms with E-state index in [0.29, 0.717) is 5.69 Å². The summed E-state index contributed by atoms with van der Waals surface area (Å²) in [6, 6.07) is -0.714. The molecule has 1 heterocycles. The molecule has 7 nitrogen and oxygen atoms in total. The number of amides is 1. The highest BCUT2D eigenvalue weighted by molar-refractivity contribution is 5.71. The molecule has 1 aromatic heterocycles. The zero-order valence-corrected chi connectivity index (χ0v) is 11.5. The number of imidazole rings is 1. The first-order valence-corrected chi connectivity index (χ1v) is 5.86. The Hall–Kier alpha value is -2.05. The highest BCUT2D eigenvalue weighted by Gasteiger charge is 2.23. The molecule has 1 aromatic rings. The number of hydrogen-bond acceptors (Lipinski definition) is 4. The van der Waals surface area contributed by atoms with E-state index < -0.39 is 23.7 Å². The maximum atomic E-state index is 11.7. The predicted molar refractivity (Wildman–Crippen MR) is 67.6 cm³/mol. The fraction of sp³-hybridized carbons (Fsp3) is 0.583. The molecule has 0 aromatic carbocycles. The minimum absolute atomic E-state index is 0.254. The van der Waals surface area contributed by atoms with Gasteiger partial charge in [-0.1, -0.05) is 0 Å². The largest absolute Gasteiger partial charge is 0.481 e. The van der Waals surface area contributed by atoms with Crippen LogP contribution in [0.25, 0.3) is 0 Å². The lowest BCUT2D eigenvalue weighted by Crippen LogP contribution is -2.36. The number of nitrogens with zero attached hydrogens (tertiary/aromatic N) is 2. The number of hydrogen-bond donors (Lipinski definition) is 2. The third kappa shape index (κ3) is 5.41. The highest BCUT2D eigenvalue weighted by atomic mass is 16.6. The molecular weight excluding hydrogens is 250 g/mol. The number of alkyl carbamates (subject to hydrolysis) is 1. The summed E-state index contributed by atoms with van der Waals surface area (Å²) in [6.07, 6.45) is 2.28. The molecule has 1 rings (SSSR count). The van der Waals surface area contributed by atoms with E-state index in [4.69, 9.17) is 9.84 Å². The van der Waals surface area contributed by atoms with Crippen molar-refractivity contribution < 1.29 is 19.4 Å². The molecular formula is C12H19N3O4. The fourth-order valence-corrected chi connectivity index (χ4v) is 1.47. The van der Waals surface area contributed by atoms with Crippen molar-refractivity contribution in [1.82, 2.24) is 14.9 Å². The first-order valence-electron chi connectivity index (χ1n) is 5.86. The summed E-state index contributed by atoms with van der Waals surface area (Å²) in [7, 11) is 1.77. The van der Waals surface area contributed by atoms with Crippen LogP contribution in [0, 0.1) is 0 Å². The van der Waals surface area contributed by atoms with Gasteiger partial charge in [0.25, 0.3) is 0 Å². The van der Waals surface area contributed by atoms with Crippen LogP contribution in [0.15, 0.2) is 12.5 Å². The smallest absolute Gasteiger partial charge is 0.408 e. The van der Waals surface area contributed by atoms with E-state index in [2.05, 4.69) is 10.3 Å². The Kier molecular flexibility index (Phi) is 4.52. The zero-order valence-electron chi connectivity index (χ0n) is 11.5. The van der Waals surface area contributed by atoms with Gasteiger partial charge in [0, 0.05) is 13.2 Å². The molecule has 106 valence electrons. The van der Waals surface area contributed by atoms with Gasteiger partial charge < -0.3 is 19.7 Å². The lowest BCUT2D eigenvalue weighted by Gasteiger charge is -2.22. The quantitative estimate of drug-likeness (QED) is 0.863. The molecule has 0 bridgehead atoms. The van der Waals surface area contributed by atoms with Gasteiger partial charge in [-0.2, -0.15) is 0 Å². The predicted octanol–water partition coefficient (Wildman–Crippen LogP) is 1.46. The minimum Gasteiger partial charge on any atom is -0.481 e. The molecule has 0 saturated carbocycles. The van der Waals surface area contributed by atoms with Crippen LogP contribution in [0.3, 0.4) is 0 Å². The van der Waals surface area contributed by atoms with Crippen LogP contribution in [-0.4, -0.2) is 32.3 Å². The van der Waals surface area contributed by atoms with E-state index in [-0.39, 0.29) is 6.42 Å². The van der Waals surface area contributed by atoms with Crippen LogP contribution in [0.4, 0.5) is 4.79 Å². The molecule has 0 radical (unpaired) electrons. The summed E-state index contributed by atoms with van der Waals surface area (Å²) in [5.41, 5.74) is -0.155. The van der Waals surface area contributed by atoms with Crippen molar-refractivity contribution in [3.05, 3.63) is 18.2 Å². The Labute approximate surface area is 111 Å². The summed E-state index contributed by atoms with van der Waals surface area (Å²) in [5, 5.41) is 11.4. The third-order valence-corrected chi connectivity index (χ3v) is 2.15. The normalized spacial score (nSPS) is 12.8. The van der Waals surface area contributed by atoms with Gasteiger partial charge in [-0.25, -0.2) is 9.78 Å². The maximum absolute atomic E-state index is 11.7. The number of nitrogens with one attached hydrogen (secondary N) is 1. The summed E-state index contributed by atoms with van der Waals surface area (Å²) in [5.74, 6) is -1.02. The lowest BCUT2D eigenvalue weighted by atomic mass is 10.1. The molecule has 0 unspecified atom stereocenters. The molecule has 0 spiro atoms. The summed E-state index contributed by atoms with van der Waals surface area (Å²) in [6.45, 7) is 5.21. The maximum Gasteiger partial charge on any atom is 0.408 e. The second-order valence-corrected chi connectivity index (χ2v) is 5.26. The minimum atomic E-state index is -1.02. The molecule has 1 amide bonds. The second-order valence-electron chi connectivity index (χ2n) is 5.26. The van der Waals surface area contributed by atoms with Gasteiger partial charge in [-0.3, -0.25) is 4.79 Å². The SMILES string of the molecule is Cn1cnc([C@@H](CC(=O)O)NC(=O)OC(C)(C)C)c1. The summed E-state index contributed by atoms with van der Waals surface area (Å²) in [4.78, 5) is 26.5. The number of carboxylic acid groups (broad SMARTS) is 1. The monoisotopic (exact) mass is 269 g/mol. The van der Waals surface area contributed by atoms with E-state index in [1.54, 1.807) is 44.9 Å². The van der Waals surface area contributed by atoms with Crippen molar-refractivity contribution in [2.75, 3.05) is 0 Å². The van der Waals surface area contributed by atoms with Crippen molar-refractivity contribution in [3.8, 4) is 0 Å². The number of aromatic nitrogens is 2. The first kappa shape index (κ1) is 15.0. The van der Waals surface area contributed by atoms with Gasteiger partial charge in [-0.15, -0.1) is 0 Å². The number of ether oxygens (including phenoxy) is 1. The van der Waals surface area contributed by atoms with E-state index in [9.17, 15) is 9.59 Å². The van der Waals surface area contributed by atoms with Crippen LogP contribution in [0.2, 0.25) is 0 Å². The topological polar surface area (TPSA) is 93.5 Å². The lowest BCUT2D eigenvalue weighted by molar-refractivity contribution is -0.137. The van der Waals surface area contributed by atoms with E-state index >= 15 is 0 Å². The molecule has 0 aliphatic rings. The van der Waals surface area contributed by atoms with Crippen LogP contribution >= 0.6 is 0 Å². The summed E-state index contributed by atoms with van der Waals surface area (Å²) < 4.78 is 6.78. The molecule has 7 heteroatoms. The van der Waals surface area contributed by atoms with Gasteiger partial charge in [0.05, 0.1) is 24.5 Å². The zero-order chi connectivity index (χ0) is 14.6. The average Bonchev–Trinajstić information content (AvgIpc) is 2.60. The number of carbonyl (C=O) groups is 2. The summed E-state index contributed by atoms with van der Waals surface area (Å²) >= 11 is 0. The van der Waals surface area contributed by atoms with Gasteiger partial charge in [0.2, 0.25) is 0 Å². The molecule has 0 aliphatic heterocycles. The van der Waals surface area contributed by atoms with Gasteiger partial charge in [0.15, 0.2) is 0 Å². The Morgan fingerprint density at radius 1 is 1.53 bits per heavy atom. The standard InChI is InChI=1S/C12H19N3O4/c1-12(2,3)19-11(18)14-8(5-10(16)17)9-6-15(4)7-13-9/h6-8H,5H2,1-4H3,(H,14,18)(H,16,17)/t8-/m1/s1. The molecule has 0 saturated heterocycles. The van der Waals surface area contributed by atoms with Crippen LogP contribution < -0.4 is 5.32 Å². The highest BCUT2D eigenvalue weighted by Crippen LogP contribution is 2.16.